The highest BCUT2D eigenvalue weighted by Gasteiger charge is 2.46. The first-order chi connectivity index (χ1) is 14.1. The standard InChI is InChI=1S/C21H21N3O4S/c1-12-14-4-2-3-5-17(14)28-19(12)21(26)24-7-15-13(9-27-18(15)8-24)6-22-20(25)16-10-29-11-23-16/h2-5,10-11,13,15,18H,6-9H2,1H3,(H,22,25)/t13-,15+,18+/m0/s1. The van der Waals surface area contributed by atoms with Crippen LogP contribution in [0.5, 0.6) is 0 Å². The van der Waals surface area contributed by atoms with Gasteiger partial charge in [-0.15, -0.1) is 11.3 Å². The number of hydrogen-bond acceptors (Lipinski definition) is 6. The van der Waals surface area contributed by atoms with E-state index in [9.17, 15) is 9.59 Å². The number of para-hydroxylation sites is 1. The molecule has 29 heavy (non-hydrogen) atoms. The lowest BCUT2D eigenvalue weighted by atomic mass is 9.93. The molecular formula is C21H21N3O4S. The molecule has 3 atom stereocenters. The van der Waals surface area contributed by atoms with Crippen molar-refractivity contribution in [1.29, 1.82) is 0 Å². The minimum Gasteiger partial charge on any atom is -0.451 e. The second-order valence-electron chi connectivity index (χ2n) is 7.64. The van der Waals surface area contributed by atoms with Gasteiger partial charge >= 0.3 is 0 Å². The molecule has 2 aliphatic heterocycles. The molecule has 1 N–H and O–H groups in total. The predicted octanol–water partition coefficient (Wildman–Crippen LogP) is 2.71. The summed E-state index contributed by atoms with van der Waals surface area (Å²) in [7, 11) is 0. The number of carbonyl (C=O) groups excluding carboxylic acids is 2. The van der Waals surface area contributed by atoms with E-state index in [4.69, 9.17) is 9.15 Å². The van der Waals surface area contributed by atoms with Crippen molar-refractivity contribution in [2.75, 3.05) is 26.2 Å². The van der Waals surface area contributed by atoms with Crippen molar-refractivity contribution in [3.05, 3.63) is 52.2 Å². The number of thiazole rings is 1. The van der Waals surface area contributed by atoms with Crippen LogP contribution in [0, 0.1) is 18.8 Å². The molecular weight excluding hydrogens is 390 g/mol. The Morgan fingerprint density at radius 2 is 2.17 bits per heavy atom. The summed E-state index contributed by atoms with van der Waals surface area (Å²) in [5.41, 5.74) is 3.68. The Balaban J connectivity index is 1.26. The summed E-state index contributed by atoms with van der Waals surface area (Å²) in [5, 5.41) is 5.64. The highest BCUT2D eigenvalue weighted by molar-refractivity contribution is 7.07. The van der Waals surface area contributed by atoms with Crippen molar-refractivity contribution in [3.8, 4) is 0 Å². The monoisotopic (exact) mass is 411 g/mol. The van der Waals surface area contributed by atoms with Gasteiger partial charge in [0.25, 0.3) is 11.8 Å². The highest BCUT2D eigenvalue weighted by atomic mass is 32.1. The average molecular weight is 411 g/mol. The maximum Gasteiger partial charge on any atom is 0.289 e. The van der Waals surface area contributed by atoms with Crippen LogP contribution in [-0.4, -0.2) is 54.0 Å². The fraction of sp³-hybridized carbons (Fsp3) is 0.381. The van der Waals surface area contributed by atoms with E-state index in [1.807, 2.05) is 36.1 Å². The topological polar surface area (TPSA) is 84.7 Å². The number of likely N-dealkylation sites (tertiary alicyclic amines) is 1. The van der Waals surface area contributed by atoms with Crippen molar-refractivity contribution in [2.45, 2.75) is 13.0 Å². The van der Waals surface area contributed by atoms with Crippen molar-refractivity contribution >= 4 is 34.1 Å². The molecule has 7 nitrogen and oxygen atoms in total. The quantitative estimate of drug-likeness (QED) is 0.714. The van der Waals surface area contributed by atoms with Gasteiger partial charge in [0.1, 0.15) is 11.3 Å². The number of rotatable bonds is 4. The Morgan fingerprint density at radius 3 is 2.97 bits per heavy atom. The third-order valence-corrected chi connectivity index (χ3v) is 6.54. The van der Waals surface area contributed by atoms with Crippen LogP contribution < -0.4 is 5.32 Å². The number of aromatic nitrogens is 1. The Kier molecular flexibility index (Phi) is 4.60. The first-order valence-electron chi connectivity index (χ1n) is 9.67. The maximum absolute atomic E-state index is 13.1. The largest absolute Gasteiger partial charge is 0.451 e. The van der Waals surface area contributed by atoms with Crippen LogP contribution in [0.3, 0.4) is 0 Å². The van der Waals surface area contributed by atoms with Gasteiger partial charge in [-0.3, -0.25) is 9.59 Å². The predicted molar refractivity (Wildman–Crippen MR) is 108 cm³/mol. The molecule has 2 aliphatic rings. The molecule has 2 amide bonds. The zero-order valence-electron chi connectivity index (χ0n) is 16.0. The minimum absolute atomic E-state index is 0.00445. The Hall–Kier alpha value is -2.71. The lowest BCUT2D eigenvalue weighted by molar-refractivity contribution is 0.0650. The summed E-state index contributed by atoms with van der Waals surface area (Å²) in [5.74, 6) is 0.525. The van der Waals surface area contributed by atoms with Crippen molar-refractivity contribution in [2.24, 2.45) is 11.8 Å². The van der Waals surface area contributed by atoms with E-state index in [0.29, 0.717) is 37.7 Å². The summed E-state index contributed by atoms with van der Waals surface area (Å²) in [6.07, 6.45) is 0.00445. The van der Waals surface area contributed by atoms with Gasteiger partial charge in [0.2, 0.25) is 0 Å². The molecule has 3 aromatic rings. The number of ether oxygens (including phenoxy) is 1. The van der Waals surface area contributed by atoms with E-state index >= 15 is 0 Å². The molecule has 4 heterocycles. The number of nitrogens with one attached hydrogen (secondary N) is 1. The van der Waals surface area contributed by atoms with E-state index in [-0.39, 0.29) is 29.8 Å². The van der Waals surface area contributed by atoms with Gasteiger partial charge in [-0.05, 0) is 13.0 Å². The van der Waals surface area contributed by atoms with E-state index in [1.165, 1.54) is 11.3 Å². The van der Waals surface area contributed by atoms with Gasteiger partial charge in [0.05, 0.1) is 18.2 Å². The molecule has 0 bridgehead atoms. The zero-order chi connectivity index (χ0) is 20.0. The van der Waals surface area contributed by atoms with E-state index in [0.717, 1.165) is 16.5 Å². The van der Waals surface area contributed by atoms with Crippen molar-refractivity contribution < 1.29 is 18.7 Å². The van der Waals surface area contributed by atoms with Crippen LogP contribution >= 0.6 is 11.3 Å². The molecule has 0 saturated carbocycles. The van der Waals surface area contributed by atoms with Crippen LogP contribution in [0.1, 0.15) is 26.6 Å². The molecule has 150 valence electrons. The average Bonchev–Trinajstić information content (AvgIpc) is 3.50. The number of furan rings is 1. The summed E-state index contributed by atoms with van der Waals surface area (Å²) in [6.45, 7) is 4.19. The van der Waals surface area contributed by atoms with E-state index in [2.05, 4.69) is 10.3 Å². The van der Waals surface area contributed by atoms with Gasteiger partial charge in [0.15, 0.2) is 5.76 Å². The molecule has 0 spiro atoms. The smallest absolute Gasteiger partial charge is 0.289 e. The third-order valence-electron chi connectivity index (χ3n) is 5.95. The van der Waals surface area contributed by atoms with Gasteiger partial charge < -0.3 is 19.4 Å². The second kappa shape index (κ2) is 7.27. The number of hydrogen-bond donors (Lipinski definition) is 1. The van der Waals surface area contributed by atoms with Gasteiger partial charge in [0, 0.05) is 47.8 Å². The van der Waals surface area contributed by atoms with Gasteiger partial charge in [-0.2, -0.15) is 0 Å². The summed E-state index contributed by atoms with van der Waals surface area (Å²) < 4.78 is 11.8. The lowest BCUT2D eigenvalue weighted by Crippen LogP contribution is -2.35. The normalized spacial score (nSPS) is 23.5. The molecule has 2 saturated heterocycles. The van der Waals surface area contributed by atoms with Crippen molar-refractivity contribution in [1.82, 2.24) is 15.2 Å². The first-order valence-corrected chi connectivity index (χ1v) is 10.6. The fourth-order valence-corrected chi connectivity index (χ4v) is 4.87. The molecule has 0 unspecified atom stereocenters. The summed E-state index contributed by atoms with van der Waals surface area (Å²) in [6, 6.07) is 7.69. The van der Waals surface area contributed by atoms with Crippen LogP contribution in [-0.2, 0) is 4.74 Å². The third kappa shape index (κ3) is 3.22. The van der Waals surface area contributed by atoms with Crippen LogP contribution in [0.4, 0.5) is 0 Å². The number of fused-ring (bicyclic) bond motifs is 2. The summed E-state index contributed by atoms with van der Waals surface area (Å²) in [4.78, 5) is 31.1. The zero-order valence-corrected chi connectivity index (χ0v) is 16.8. The molecule has 2 fully saturated rings. The number of amides is 2. The number of aryl methyl sites for hydroxylation is 1. The van der Waals surface area contributed by atoms with E-state index in [1.54, 1.807) is 10.9 Å². The lowest BCUT2D eigenvalue weighted by Gasteiger charge is -2.19. The van der Waals surface area contributed by atoms with E-state index < -0.39 is 0 Å². The maximum atomic E-state index is 13.1. The number of nitrogens with zero attached hydrogens (tertiary/aromatic N) is 2. The van der Waals surface area contributed by atoms with Crippen LogP contribution in [0.15, 0.2) is 39.6 Å². The van der Waals surface area contributed by atoms with Crippen molar-refractivity contribution in [3.63, 3.8) is 0 Å². The minimum atomic E-state index is -0.168. The molecule has 8 heteroatoms. The number of benzene rings is 1. The van der Waals surface area contributed by atoms with Gasteiger partial charge in [-0.1, -0.05) is 18.2 Å². The first kappa shape index (κ1) is 18.3. The Bertz CT molecular complexity index is 1060. The number of carbonyl (C=O) groups is 2. The fourth-order valence-electron chi connectivity index (χ4n) is 4.34. The highest BCUT2D eigenvalue weighted by Crippen LogP contribution is 2.35. The SMILES string of the molecule is Cc1c(C(=O)N2C[C@@H]3[C@@H](CNC(=O)c4cscn4)CO[C@@H]3C2)oc2ccccc12. The molecule has 5 rings (SSSR count). The molecule has 1 aromatic carbocycles. The molecule has 0 radical (unpaired) electrons. The van der Waals surface area contributed by atoms with Gasteiger partial charge in [-0.25, -0.2) is 4.98 Å². The molecule has 2 aromatic heterocycles. The second-order valence-corrected chi connectivity index (χ2v) is 8.36. The Morgan fingerprint density at radius 1 is 1.31 bits per heavy atom. The molecule has 0 aliphatic carbocycles. The van der Waals surface area contributed by atoms with Crippen LogP contribution in [0.25, 0.3) is 11.0 Å². The summed E-state index contributed by atoms with van der Waals surface area (Å²) >= 11 is 1.40. The van der Waals surface area contributed by atoms with Crippen LogP contribution in [0.2, 0.25) is 0 Å². The Labute approximate surface area is 171 Å².